The Bertz CT molecular complexity index is 1050. The number of aromatic nitrogens is 2. The fraction of sp³-hybridized carbons (Fsp3) is 0.381. The number of benzene rings is 2. The van der Waals surface area contributed by atoms with Crippen LogP contribution < -0.4 is 4.90 Å². The van der Waals surface area contributed by atoms with Crippen LogP contribution in [-0.4, -0.2) is 29.8 Å². The number of rotatable bonds is 4. The summed E-state index contributed by atoms with van der Waals surface area (Å²) < 4.78 is 7.73. The molecule has 0 atom stereocenters. The van der Waals surface area contributed by atoms with Crippen LogP contribution in [-0.2, 0) is 16.7 Å². The van der Waals surface area contributed by atoms with E-state index in [1.807, 2.05) is 18.2 Å². The van der Waals surface area contributed by atoms with Gasteiger partial charge in [-0.05, 0) is 36.2 Å². The van der Waals surface area contributed by atoms with Crippen LogP contribution in [0.2, 0.25) is 15.1 Å². The average molecular weight is 439 g/mol. The summed E-state index contributed by atoms with van der Waals surface area (Å²) in [6, 6.07) is 9.57. The van der Waals surface area contributed by atoms with E-state index in [0.717, 1.165) is 42.2 Å². The highest BCUT2D eigenvalue weighted by Crippen LogP contribution is 2.41. The highest BCUT2D eigenvalue weighted by molar-refractivity contribution is 6.36. The van der Waals surface area contributed by atoms with Gasteiger partial charge in [-0.3, -0.25) is 0 Å². The van der Waals surface area contributed by atoms with E-state index < -0.39 is 0 Å². The minimum atomic E-state index is -0.172. The minimum absolute atomic E-state index is 0.172. The summed E-state index contributed by atoms with van der Waals surface area (Å²) in [5.41, 5.74) is 3.79. The quantitative estimate of drug-likeness (QED) is 0.468. The van der Waals surface area contributed by atoms with Crippen LogP contribution in [0.5, 0.6) is 0 Å². The van der Waals surface area contributed by atoms with Crippen molar-refractivity contribution in [2.45, 2.75) is 32.2 Å². The summed E-state index contributed by atoms with van der Waals surface area (Å²) in [5, 5.41) is 1.88. The van der Waals surface area contributed by atoms with Crippen molar-refractivity contribution in [2.24, 2.45) is 0 Å². The molecule has 1 aliphatic rings. The van der Waals surface area contributed by atoms with Gasteiger partial charge in [0, 0.05) is 30.6 Å². The van der Waals surface area contributed by atoms with Gasteiger partial charge in [-0.2, -0.15) is 0 Å². The number of aryl methyl sites for hydroxylation is 1. The van der Waals surface area contributed by atoms with Gasteiger partial charge in [-0.25, -0.2) is 4.98 Å². The highest BCUT2D eigenvalue weighted by atomic mass is 35.5. The number of ether oxygens (including phenoxy) is 1. The smallest absolute Gasteiger partial charge is 0.211 e. The van der Waals surface area contributed by atoms with E-state index in [2.05, 4.69) is 29.4 Å². The van der Waals surface area contributed by atoms with Gasteiger partial charge in [0.25, 0.3) is 0 Å². The molecule has 28 heavy (non-hydrogen) atoms. The van der Waals surface area contributed by atoms with Gasteiger partial charge in [0.15, 0.2) is 0 Å². The van der Waals surface area contributed by atoms with Gasteiger partial charge in [0.1, 0.15) is 5.52 Å². The molecule has 0 aliphatic carbocycles. The summed E-state index contributed by atoms with van der Waals surface area (Å²) in [6.45, 7) is 6.67. The molecule has 0 radical (unpaired) electrons. The zero-order valence-electron chi connectivity index (χ0n) is 16.1. The second kappa shape index (κ2) is 7.42. The van der Waals surface area contributed by atoms with E-state index in [9.17, 15) is 0 Å². The number of hydrogen-bond donors (Lipinski definition) is 0. The molecule has 0 fully saturated rings. The van der Waals surface area contributed by atoms with Crippen LogP contribution in [0.4, 0.5) is 11.6 Å². The van der Waals surface area contributed by atoms with Gasteiger partial charge in [0.05, 0.1) is 27.9 Å². The predicted octanol–water partition coefficient (Wildman–Crippen LogP) is 6.46. The molecule has 1 aromatic heterocycles. The Morgan fingerprint density at radius 2 is 1.86 bits per heavy atom. The van der Waals surface area contributed by atoms with Crippen molar-refractivity contribution in [3.8, 4) is 0 Å². The van der Waals surface area contributed by atoms with Gasteiger partial charge in [-0.1, -0.05) is 54.7 Å². The molecule has 148 valence electrons. The lowest BCUT2D eigenvalue weighted by atomic mass is 9.84. The third-order valence-corrected chi connectivity index (χ3v) is 6.11. The van der Waals surface area contributed by atoms with Gasteiger partial charge in [-0.15, -0.1) is 0 Å². The second-order valence-corrected chi connectivity index (χ2v) is 9.02. The number of halogens is 3. The highest BCUT2D eigenvalue weighted by Gasteiger charge is 2.30. The van der Waals surface area contributed by atoms with Gasteiger partial charge >= 0.3 is 0 Å². The Kier molecular flexibility index (Phi) is 5.25. The normalized spacial score (nSPS) is 14.6. The molecule has 2 aromatic carbocycles. The predicted molar refractivity (Wildman–Crippen MR) is 118 cm³/mol. The van der Waals surface area contributed by atoms with Crippen molar-refractivity contribution in [1.82, 2.24) is 9.55 Å². The molecule has 0 amide bonds. The molecule has 1 aliphatic heterocycles. The fourth-order valence-electron chi connectivity index (χ4n) is 4.01. The van der Waals surface area contributed by atoms with Gasteiger partial charge < -0.3 is 14.2 Å². The Morgan fingerprint density at radius 3 is 2.57 bits per heavy atom. The Hall–Kier alpha value is -1.46. The molecule has 3 aromatic rings. The van der Waals surface area contributed by atoms with E-state index in [0.29, 0.717) is 21.7 Å². The van der Waals surface area contributed by atoms with Crippen molar-refractivity contribution in [3.05, 3.63) is 51.0 Å². The maximum atomic E-state index is 6.55. The van der Waals surface area contributed by atoms with E-state index in [4.69, 9.17) is 44.5 Å². The van der Waals surface area contributed by atoms with Gasteiger partial charge in [0.2, 0.25) is 5.95 Å². The van der Waals surface area contributed by atoms with Crippen LogP contribution in [0.15, 0.2) is 30.3 Å². The second-order valence-electron chi connectivity index (χ2n) is 7.77. The average Bonchev–Trinajstić information content (AvgIpc) is 3.03. The lowest BCUT2D eigenvalue weighted by molar-refractivity contribution is 0.147. The van der Waals surface area contributed by atoms with Crippen LogP contribution in [0.3, 0.4) is 0 Å². The number of anilines is 2. The van der Waals surface area contributed by atoms with E-state index in [-0.39, 0.29) is 5.41 Å². The fourth-order valence-corrected chi connectivity index (χ4v) is 4.72. The lowest BCUT2D eigenvalue weighted by Crippen LogP contribution is -2.29. The summed E-state index contributed by atoms with van der Waals surface area (Å²) in [5.74, 6) is 0.855. The molecule has 2 heterocycles. The Balaban J connectivity index is 1.94. The minimum Gasteiger partial charge on any atom is -0.384 e. The van der Waals surface area contributed by atoms with E-state index in [1.165, 1.54) is 5.56 Å². The monoisotopic (exact) mass is 437 g/mol. The number of imidazole rings is 1. The van der Waals surface area contributed by atoms with Crippen LogP contribution >= 0.6 is 34.8 Å². The number of fused-ring (bicyclic) bond motifs is 3. The van der Waals surface area contributed by atoms with Crippen LogP contribution in [0.1, 0.15) is 25.8 Å². The molecule has 0 unspecified atom stereocenters. The molecule has 0 spiro atoms. The molecule has 4 nitrogen and oxygen atoms in total. The first-order chi connectivity index (χ1) is 13.3. The summed E-state index contributed by atoms with van der Waals surface area (Å²) in [4.78, 5) is 7.08. The molecular formula is C21H22Cl3N3O. The molecule has 0 N–H and O–H groups in total. The zero-order valence-corrected chi connectivity index (χ0v) is 18.4. The molecule has 0 saturated carbocycles. The van der Waals surface area contributed by atoms with Crippen LogP contribution in [0, 0.1) is 0 Å². The Labute approximate surface area is 180 Å². The number of nitrogens with zero attached hydrogens (tertiary/aromatic N) is 3. The number of methoxy groups -OCH3 is 1. The van der Waals surface area contributed by atoms with Crippen molar-refractivity contribution < 1.29 is 4.74 Å². The van der Waals surface area contributed by atoms with E-state index in [1.54, 1.807) is 13.2 Å². The summed E-state index contributed by atoms with van der Waals surface area (Å²) in [7, 11) is 1.73. The molecular weight excluding hydrogens is 417 g/mol. The molecule has 0 saturated heterocycles. The number of hydrogen-bond acceptors (Lipinski definition) is 3. The Morgan fingerprint density at radius 1 is 1.07 bits per heavy atom. The summed E-state index contributed by atoms with van der Waals surface area (Å²) >= 11 is 19.1. The zero-order chi connectivity index (χ0) is 20.1. The van der Waals surface area contributed by atoms with Crippen molar-refractivity contribution in [2.75, 3.05) is 25.2 Å². The SMILES string of the molecule is COCC(C)(C)c1ccc(Cl)c2nc3n(c12)CCCN3c1ccc(Cl)cc1Cl. The first kappa shape index (κ1) is 19.8. The third-order valence-electron chi connectivity index (χ3n) is 5.26. The van der Waals surface area contributed by atoms with Crippen molar-refractivity contribution in [3.63, 3.8) is 0 Å². The molecule has 0 bridgehead atoms. The maximum Gasteiger partial charge on any atom is 0.211 e. The maximum absolute atomic E-state index is 6.55. The first-order valence-corrected chi connectivity index (χ1v) is 10.4. The molecule has 7 heteroatoms. The van der Waals surface area contributed by atoms with Crippen LogP contribution in [0.25, 0.3) is 11.0 Å². The largest absolute Gasteiger partial charge is 0.384 e. The summed E-state index contributed by atoms with van der Waals surface area (Å²) in [6.07, 6.45) is 0.980. The third kappa shape index (κ3) is 3.26. The standard InChI is InChI=1S/C21H22Cl3N3O/c1-21(2,12-28-3)14-6-7-15(23)18-19(14)27-10-4-9-26(20(27)25-18)17-8-5-13(22)11-16(17)24/h5-8,11H,4,9-10,12H2,1-3H3. The van der Waals surface area contributed by atoms with E-state index >= 15 is 0 Å². The lowest BCUT2D eigenvalue weighted by Gasteiger charge is -2.31. The first-order valence-electron chi connectivity index (χ1n) is 9.24. The van der Waals surface area contributed by atoms with Crippen molar-refractivity contribution in [1.29, 1.82) is 0 Å². The topological polar surface area (TPSA) is 30.3 Å². The van der Waals surface area contributed by atoms with Crippen molar-refractivity contribution >= 4 is 57.5 Å². The molecule has 4 rings (SSSR count).